The Morgan fingerprint density at radius 2 is 1.32 bits per heavy atom. The Hall–Kier alpha value is -4.43. The highest BCUT2D eigenvalue weighted by molar-refractivity contribution is 5.89. The standard InChI is InChI=1S/C30H31N3O5/c34-28(33-27(30(37)38)18-22-19-31-24-14-8-7-13-23(22)24)26(17-21-11-5-2-6-12-21)32-25(29(35)36)16-15-20-9-3-1-4-10-20/h1-14,19,25-27,31-32H,15-18H2,(H,33,34)(H,35,36)(H,37,38)/t25?,26-,27-/m0/s1. The van der Waals surface area contributed by atoms with Gasteiger partial charge in [-0.25, -0.2) is 4.79 Å². The lowest BCUT2D eigenvalue weighted by molar-refractivity contribution is -0.143. The first-order valence-corrected chi connectivity index (χ1v) is 12.6. The zero-order chi connectivity index (χ0) is 26.9. The van der Waals surface area contributed by atoms with E-state index in [0.29, 0.717) is 6.42 Å². The topological polar surface area (TPSA) is 132 Å². The number of carbonyl (C=O) groups is 3. The molecule has 196 valence electrons. The van der Waals surface area contributed by atoms with Crippen molar-refractivity contribution in [2.45, 2.75) is 43.8 Å². The van der Waals surface area contributed by atoms with E-state index in [2.05, 4.69) is 15.6 Å². The molecule has 38 heavy (non-hydrogen) atoms. The maximum absolute atomic E-state index is 13.4. The van der Waals surface area contributed by atoms with Crippen LogP contribution >= 0.6 is 0 Å². The van der Waals surface area contributed by atoms with Crippen LogP contribution in [0.25, 0.3) is 10.9 Å². The third kappa shape index (κ3) is 7.08. The van der Waals surface area contributed by atoms with E-state index in [0.717, 1.165) is 27.6 Å². The van der Waals surface area contributed by atoms with Crippen LogP contribution in [-0.4, -0.2) is 51.2 Å². The van der Waals surface area contributed by atoms with Crippen molar-refractivity contribution >= 4 is 28.7 Å². The number of benzene rings is 3. The lowest BCUT2D eigenvalue weighted by atomic mass is 10.00. The van der Waals surface area contributed by atoms with Crippen molar-refractivity contribution in [1.29, 1.82) is 0 Å². The number of para-hydroxylation sites is 1. The Labute approximate surface area is 220 Å². The molecule has 4 aromatic rings. The van der Waals surface area contributed by atoms with Gasteiger partial charge in [-0.3, -0.25) is 14.9 Å². The lowest BCUT2D eigenvalue weighted by Crippen LogP contribution is -2.55. The summed E-state index contributed by atoms with van der Waals surface area (Å²) < 4.78 is 0. The summed E-state index contributed by atoms with van der Waals surface area (Å²) in [5.74, 6) is -2.80. The Morgan fingerprint density at radius 1 is 0.711 bits per heavy atom. The van der Waals surface area contributed by atoms with Crippen molar-refractivity contribution in [2.24, 2.45) is 0 Å². The summed E-state index contributed by atoms with van der Waals surface area (Å²) in [4.78, 5) is 40.8. The molecule has 3 atom stereocenters. The molecule has 0 spiro atoms. The van der Waals surface area contributed by atoms with E-state index >= 15 is 0 Å². The number of aryl methyl sites for hydroxylation is 1. The minimum absolute atomic E-state index is 0.0828. The van der Waals surface area contributed by atoms with Crippen molar-refractivity contribution in [2.75, 3.05) is 0 Å². The van der Waals surface area contributed by atoms with Crippen molar-refractivity contribution in [1.82, 2.24) is 15.6 Å². The average Bonchev–Trinajstić information content (AvgIpc) is 3.33. The monoisotopic (exact) mass is 513 g/mol. The molecule has 1 amide bonds. The van der Waals surface area contributed by atoms with E-state index in [-0.39, 0.29) is 19.3 Å². The number of hydrogen-bond donors (Lipinski definition) is 5. The van der Waals surface area contributed by atoms with E-state index in [1.165, 1.54) is 0 Å². The molecule has 0 aliphatic rings. The number of nitrogens with one attached hydrogen (secondary N) is 3. The number of carboxylic acids is 2. The van der Waals surface area contributed by atoms with Crippen LogP contribution < -0.4 is 10.6 Å². The first kappa shape index (κ1) is 26.6. The van der Waals surface area contributed by atoms with Crippen LogP contribution in [0, 0.1) is 0 Å². The van der Waals surface area contributed by atoms with Crippen molar-refractivity contribution in [3.63, 3.8) is 0 Å². The molecule has 1 unspecified atom stereocenters. The normalized spacial score (nSPS) is 13.5. The first-order chi connectivity index (χ1) is 18.4. The number of carboxylic acid groups (broad SMARTS) is 2. The van der Waals surface area contributed by atoms with Crippen molar-refractivity contribution in [3.8, 4) is 0 Å². The maximum atomic E-state index is 13.4. The van der Waals surface area contributed by atoms with E-state index < -0.39 is 36.0 Å². The summed E-state index contributed by atoms with van der Waals surface area (Å²) in [6.07, 6.45) is 2.83. The quantitative estimate of drug-likeness (QED) is 0.186. The van der Waals surface area contributed by atoms with Gasteiger partial charge in [0.25, 0.3) is 0 Å². The highest BCUT2D eigenvalue weighted by atomic mass is 16.4. The molecule has 5 N–H and O–H groups in total. The van der Waals surface area contributed by atoms with Gasteiger partial charge in [-0.05, 0) is 42.0 Å². The highest BCUT2D eigenvalue weighted by Gasteiger charge is 2.30. The first-order valence-electron chi connectivity index (χ1n) is 12.6. The molecule has 1 heterocycles. The van der Waals surface area contributed by atoms with Gasteiger partial charge in [0.1, 0.15) is 12.1 Å². The number of hydrogen-bond acceptors (Lipinski definition) is 4. The fourth-order valence-corrected chi connectivity index (χ4v) is 4.55. The van der Waals surface area contributed by atoms with E-state index in [1.807, 2.05) is 84.9 Å². The Balaban J connectivity index is 1.51. The largest absolute Gasteiger partial charge is 0.480 e. The van der Waals surface area contributed by atoms with Crippen LogP contribution in [0.3, 0.4) is 0 Å². The van der Waals surface area contributed by atoms with Gasteiger partial charge in [0.05, 0.1) is 6.04 Å². The number of aliphatic carboxylic acids is 2. The van der Waals surface area contributed by atoms with E-state index in [9.17, 15) is 24.6 Å². The maximum Gasteiger partial charge on any atom is 0.326 e. The van der Waals surface area contributed by atoms with Crippen molar-refractivity contribution < 1.29 is 24.6 Å². The molecule has 4 rings (SSSR count). The fourth-order valence-electron chi connectivity index (χ4n) is 4.55. The minimum Gasteiger partial charge on any atom is -0.480 e. The second-order valence-electron chi connectivity index (χ2n) is 9.29. The SMILES string of the molecule is O=C(O)C(CCc1ccccc1)N[C@@H](Cc1ccccc1)C(=O)N[C@@H](Cc1c[nH]c2ccccc12)C(=O)O. The van der Waals surface area contributed by atoms with E-state index in [1.54, 1.807) is 6.20 Å². The smallest absolute Gasteiger partial charge is 0.326 e. The second kappa shape index (κ2) is 12.7. The minimum atomic E-state index is -1.19. The van der Waals surface area contributed by atoms with Crippen LogP contribution in [-0.2, 0) is 33.6 Å². The Bertz CT molecular complexity index is 1370. The van der Waals surface area contributed by atoms with Gasteiger partial charge in [0.15, 0.2) is 0 Å². The van der Waals surface area contributed by atoms with Crippen LogP contribution in [0.15, 0.2) is 91.1 Å². The molecule has 0 fully saturated rings. The molecule has 8 heteroatoms. The average molecular weight is 514 g/mol. The van der Waals surface area contributed by atoms with Gasteiger partial charge < -0.3 is 20.5 Å². The number of aromatic amines is 1. The predicted molar refractivity (Wildman–Crippen MR) is 145 cm³/mol. The summed E-state index contributed by atoms with van der Waals surface area (Å²) in [5, 5.41) is 26.3. The second-order valence-corrected chi connectivity index (χ2v) is 9.29. The van der Waals surface area contributed by atoms with Gasteiger partial charge in [0, 0.05) is 23.5 Å². The van der Waals surface area contributed by atoms with Crippen LogP contribution in [0.4, 0.5) is 0 Å². The molecule has 8 nitrogen and oxygen atoms in total. The van der Waals surface area contributed by atoms with Crippen LogP contribution in [0.5, 0.6) is 0 Å². The molecule has 0 saturated carbocycles. The highest BCUT2D eigenvalue weighted by Crippen LogP contribution is 2.19. The Morgan fingerprint density at radius 3 is 1.97 bits per heavy atom. The molecule has 0 radical (unpaired) electrons. The summed E-state index contributed by atoms with van der Waals surface area (Å²) in [5.41, 5.74) is 3.47. The number of fused-ring (bicyclic) bond motifs is 1. The van der Waals surface area contributed by atoms with Crippen molar-refractivity contribution in [3.05, 3.63) is 108 Å². The van der Waals surface area contributed by atoms with Gasteiger partial charge >= 0.3 is 11.9 Å². The number of rotatable bonds is 13. The zero-order valence-electron chi connectivity index (χ0n) is 20.8. The summed E-state index contributed by atoms with van der Waals surface area (Å²) in [7, 11) is 0. The van der Waals surface area contributed by atoms with Crippen LogP contribution in [0.1, 0.15) is 23.1 Å². The third-order valence-electron chi connectivity index (χ3n) is 6.58. The number of carbonyl (C=O) groups excluding carboxylic acids is 1. The number of H-pyrrole nitrogens is 1. The van der Waals surface area contributed by atoms with Gasteiger partial charge in [-0.15, -0.1) is 0 Å². The molecular weight excluding hydrogens is 482 g/mol. The zero-order valence-corrected chi connectivity index (χ0v) is 20.8. The molecule has 3 aromatic carbocycles. The molecule has 0 aliphatic carbocycles. The fraction of sp³-hybridized carbons (Fsp3) is 0.233. The summed E-state index contributed by atoms with van der Waals surface area (Å²) >= 11 is 0. The van der Waals surface area contributed by atoms with Crippen LogP contribution in [0.2, 0.25) is 0 Å². The number of aromatic nitrogens is 1. The summed E-state index contributed by atoms with van der Waals surface area (Å²) in [6.45, 7) is 0. The third-order valence-corrected chi connectivity index (χ3v) is 6.58. The Kier molecular flexibility index (Phi) is 8.89. The van der Waals surface area contributed by atoms with Gasteiger partial charge in [-0.1, -0.05) is 78.9 Å². The molecule has 1 aromatic heterocycles. The van der Waals surface area contributed by atoms with Gasteiger partial charge in [0.2, 0.25) is 5.91 Å². The predicted octanol–water partition coefficient (Wildman–Crippen LogP) is 3.57. The molecular formula is C30H31N3O5. The van der Waals surface area contributed by atoms with E-state index in [4.69, 9.17) is 0 Å². The molecule has 0 saturated heterocycles. The summed E-state index contributed by atoms with van der Waals surface area (Å²) in [6, 6.07) is 23.2. The molecule has 0 aliphatic heterocycles. The molecule has 0 bridgehead atoms. The number of amides is 1. The van der Waals surface area contributed by atoms with Gasteiger partial charge in [-0.2, -0.15) is 0 Å². The lowest BCUT2D eigenvalue weighted by Gasteiger charge is -2.25.